The molecule has 0 N–H and O–H groups in total. The highest BCUT2D eigenvalue weighted by Gasteiger charge is 2.34. The first-order chi connectivity index (χ1) is 8.50. The Labute approximate surface area is 118 Å². The zero-order chi connectivity index (χ0) is 13.3. The molecule has 2 rings (SSSR count). The molecule has 1 aromatic rings. The van der Waals surface area contributed by atoms with Crippen LogP contribution >= 0.6 is 22.9 Å². The summed E-state index contributed by atoms with van der Waals surface area (Å²) in [4.78, 5) is 15.6. The van der Waals surface area contributed by atoms with Gasteiger partial charge < -0.3 is 0 Å². The highest BCUT2D eigenvalue weighted by Crippen LogP contribution is 2.29. The number of ketones is 1. The molecule has 0 radical (unpaired) electrons. The first kappa shape index (κ1) is 14.0. The third-order valence-electron chi connectivity index (χ3n) is 3.80. The zero-order valence-electron chi connectivity index (χ0n) is 11.1. The summed E-state index contributed by atoms with van der Waals surface area (Å²) in [6, 6.07) is 4.15. The highest BCUT2D eigenvalue weighted by molar-refractivity contribution is 7.18. The van der Waals surface area contributed by atoms with E-state index in [-0.39, 0.29) is 11.8 Å². The molecule has 1 aliphatic rings. The summed E-state index contributed by atoms with van der Waals surface area (Å²) < 4.78 is 0.687. The van der Waals surface area contributed by atoms with Crippen molar-refractivity contribution >= 4 is 28.7 Å². The van der Waals surface area contributed by atoms with Crippen molar-refractivity contribution in [3.05, 3.63) is 21.3 Å². The van der Waals surface area contributed by atoms with Crippen LogP contribution in [0.15, 0.2) is 12.1 Å². The number of Topliss-reactive ketones (excluding diaryl/α,β-unsaturated/α-hetero) is 1. The number of hydrogen-bond donors (Lipinski definition) is 0. The number of halogens is 1. The fourth-order valence-electron chi connectivity index (χ4n) is 2.81. The third-order valence-corrected chi connectivity index (χ3v) is 5.05. The Balaban J connectivity index is 2.11. The van der Waals surface area contributed by atoms with Gasteiger partial charge in [-0.3, -0.25) is 9.69 Å². The van der Waals surface area contributed by atoms with Crippen molar-refractivity contribution in [2.45, 2.75) is 45.7 Å². The van der Waals surface area contributed by atoms with Gasteiger partial charge in [0.25, 0.3) is 0 Å². The maximum absolute atomic E-state index is 12.4. The van der Waals surface area contributed by atoms with Crippen molar-refractivity contribution < 1.29 is 4.79 Å². The van der Waals surface area contributed by atoms with Crippen molar-refractivity contribution in [1.82, 2.24) is 4.90 Å². The lowest BCUT2D eigenvalue weighted by molar-refractivity contribution is 0.0790. The van der Waals surface area contributed by atoms with Gasteiger partial charge in [0, 0.05) is 6.04 Å². The van der Waals surface area contributed by atoms with Crippen molar-refractivity contribution in [1.29, 1.82) is 0 Å². The smallest absolute Gasteiger partial charge is 0.189 e. The number of thiophene rings is 1. The van der Waals surface area contributed by atoms with Crippen molar-refractivity contribution in [3.8, 4) is 0 Å². The molecule has 2 heterocycles. The lowest BCUT2D eigenvalue weighted by Gasteiger charge is -2.31. The summed E-state index contributed by atoms with van der Waals surface area (Å²) in [5.74, 6) is 0.814. The molecule has 1 fully saturated rings. The maximum Gasteiger partial charge on any atom is 0.189 e. The Morgan fingerprint density at radius 2 is 2.17 bits per heavy atom. The molecule has 4 heteroatoms. The second-order valence-electron chi connectivity index (χ2n) is 5.34. The largest absolute Gasteiger partial charge is 0.291 e. The van der Waals surface area contributed by atoms with Gasteiger partial charge in [-0.15, -0.1) is 11.3 Å². The Morgan fingerprint density at radius 1 is 1.44 bits per heavy atom. The molecule has 18 heavy (non-hydrogen) atoms. The van der Waals surface area contributed by atoms with E-state index in [0.717, 1.165) is 11.4 Å². The van der Waals surface area contributed by atoms with E-state index in [0.29, 0.717) is 16.3 Å². The second-order valence-corrected chi connectivity index (χ2v) is 7.05. The molecular weight excluding hydrogens is 266 g/mol. The molecule has 0 aromatic carbocycles. The van der Waals surface area contributed by atoms with E-state index in [9.17, 15) is 4.79 Å². The van der Waals surface area contributed by atoms with Gasteiger partial charge in [0.05, 0.1) is 15.3 Å². The number of carbonyl (C=O) groups excluding carboxylic acids is 1. The van der Waals surface area contributed by atoms with E-state index >= 15 is 0 Å². The molecule has 2 atom stereocenters. The Morgan fingerprint density at radius 3 is 2.72 bits per heavy atom. The summed E-state index contributed by atoms with van der Waals surface area (Å²) in [6.07, 6.45) is 2.41. The maximum atomic E-state index is 12.4. The van der Waals surface area contributed by atoms with Crippen LogP contribution in [0.4, 0.5) is 0 Å². The van der Waals surface area contributed by atoms with Crippen LogP contribution in [0.2, 0.25) is 4.34 Å². The van der Waals surface area contributed by atoms with Crippen molar-refractivity contribution in [3.63, 3.8) is 0 Å². The number of likely N-dealkylation sites (tertiary alicyclic amines) is 1. The molecule has 1 aromatic heterocycles. The molecule has 1 aliphatic heterocycles. The normalized spacial score (nSPS) is 22.6. The molecule has 0 bridgehead atoms. The quantitative estimate of drug-likeness (QED) is 0.777. The summed E-state index contributed by atoms with van der Waals surface area (Å²) in [5.41, 5.74) is 0. The standard InChI is InChI=1S/C14H20ClNOS/c1-9(2)11-5-4-8-16(11)10(3)14(17)12-6-7-13(15)18-12/h6-7,9-11H,4-5,8H2,1-3H3. The summed E-state index contributed by atoms with van der Waals surface area (Å²) >= 11 is 7.28. The van der Waals surface area contributed by atoms with E-state index < -0.39 is 0 Å². The highest BCUT2D eigenvalue weighted by atomic mass is 35.5. The molecular formula is C14H20ClNOS. The summed E-state index contributed by atoms with van der Waals surface area (Å²) in [6.45, 7) is 7.54. The van der Waals surface area contributed by atoms with Crippen LogP contribution in [0, 0.1) is 5.92 Å². The first-order valence-electron chi connectivity index (χ1n) is 6.56. The average molecular weight is 286 g/mol. The number of rotatable bonds is 4. The van der Waals surface area contributed by atoms with Gasteiger partial charge in [0.1, 0.15) is 0 Å². The summed E-state index contributed by atoms with van der Waals surface area (Å²) in [5, 5.41) is 0. The fourth-order valence-corrected chi connectivity index (χ4v) is 3.88. The third kappa shape index (κ3) is 2.79. The molecule has 0 spiro atoms. The molecule has 0 saturated carbocycles. The van der Waals surface area contributed by atoms with E-state index in [1.807, 2.05) is 13.0 Å². The van der Waals surface area contributed by atoms with Crippen LogP contribution < -0.4 is 0 Å². The number of nitrogens with zero attached hydrogens (tertiary/aromatic N) is 1. The molecule has 0 amide bonds. The number of hydrogen-bond acceptors (Lipinski definition) is 3. The Bertz CT molecular complexity index is 429. The minimum absolute atomic E-state index is 0.0328. The van der Waals surface area contributed by atoms with Crippen molar-refractivity contribution in [2.75, 3.05) is 6.54 Å². The first-order valence-corrected chi connectivity index (χ1v) is 7.75. The molecule has 2 unspecified atom stereocenters. The van der Waals surface area contributed by atoms with Crippen LogP contribution in [0.25, 0.3) is 0 Å². The minimum Gasteiger partial charge on any atom is -0.291 e. The van der Waals surface area contributed by atoms with Gasteiger partial charge >= 0.3 is 0 Å². The van der Waals surface area contributed by atoms with Crippen LogP contribution in [0.3, 0.4) is 0 Å². The zero-order valence-corrected chi connectivity index (χ0v) is 12.7. The molecule has 1 saturated heterocycles. The topological polar surface area (TPSA) is 20.3 Å². The number of carbonyl (C=O) groups is 1. The van der Waals surface area contributed by atoms with Gasteiger partial charge in [-0.2, -0.15) is 0 Å². The van der Waals surface area contributed by atoms with E-state index in [1.165, 1.54) is 24.2 Å². The Hall–Kier alpha value is -0.380. The van der Waals surface area contributed by atoms with E-state index in [1.54, 1.807) is 6.07 Å². The molecule has 2 nitrogen and oxygen atoms in total. The van der Waals surface area contributed by atoms with E-state index in [2.05, 4.69) is 18.7 Å². The van der Waals surface area contributed by atoms with Crippen molar-refractivity contribution in [2.24, 2.45) is 5.92 Å². The fraction of sp³-hybridized carbons (Fsp3) is 0.643. The Kier molecular flexibility index (Phi) is 4.46. The second kappa shape index (κ2) is 5.72. The lowest BCUT2D eigenvalue weighted by Crippen LogP contribution is -2.44. The van der Waals surface area contributed by atoms with E-state index in [4.69, 9.17) is 11.6 Å². The SMILES string of the molecule is CC(C)C1CCCN1C(C)C(=O)c1ccc(Cl)s1. The van der Waals surface area contributed by atoms with Crippen LogP contribution in [-0.2, 0) is 0 Å². The van der Waals surface area contributed by atoms with Gasteiger partial charge in [0.2, 0.25) is 0 Å². The predicted octanol–water partition coefficient (Wildman–Crippen LogP) is 4.09. The van der Waals surface area contributed by atoms with Gasteiger partial charge in [-0.1, -0.05) is 25.4 Å². The minimum atomic E-state index is -0.0328. The van der Waals surface area contributed by atoms with Gasteiger partial charge in [0.15, 0.2) is 5.78 Å². The summed E-state index contributed by atoms with van der Waals surface area (Å²) in [7, 11) is 0. The molecule has 0 aliphatic carbocycles. The van der Waals surface area contributed by atoms with Crippen LogP contribution in [0.5, 0.6) is 0 Å². The lowest BCUT2D eigenvalue weighted by atomic mass is 10.00. The molecule has 100 valence electrons. The van der Waals surface area contributed by atoms with Crippen LogP contribution in [0.1, 0.15) is 43.3 Å². The van der Waals surface area contributed by atoms with Gasteiger partial charge in [-0.05, 0) is 44.4 Å². The predicted molar refractivity (Wildman–Crippen MR) is 77.7 cm³/mol. The van der Waals surface area contributed by atoms with Crippen LogP contribution in [-0.4, -0.2) is 29.3 Å². The monoisotopic (exact) mass is 285 g/mol. The average Bonchev–Trinajstić information content (AvgIpc) is 2.95. The van der Waals surface area contributed by atoms with Gasteiger partial charge in [-0.25, -0.2) is 0 Å².